The van der Waals surface area contributed by atoms with Gasteiger partial charge in [0.25, 0.3) is 0 Å². The molecule has 106 valence electrons. The van der Waals surface area contributed by atoms with Crippen LogP contribution in [-0.2, 0) is 6.54 Å². The number of rotatable bonds is 5. The highest BCUT2D eigenvalue weighted by Crippen LogP contribution is 2.28. The van der Waals surface area contributed by atoms with E-state index in [1.807, 2.05) is 19.1 Å². The van der Waals surface area contributed by atoms with Gasteiger partial charge in [0.05, 0.1) is 0 Å². The zero-order valence-electron chi connectivity index (χ0n) is 10.9. The second kappa shape index (κ2) is 6.81. The van der Waals surface area contributed by atoms with E-state index in [1.54, 1.807) is 6.07 Å². The van der Waals surface area contributed by atoms with E-state index in [1.165, 1.54) is 6.07 Å². The van der Waals surface area contributed by atoms with Gasteiger partial charge in [-0.2, -0.15) is 0 Å². The Kier molecular flexibility index (Phi) is 5.09. The average molecular weight is 342 g/mol. The van der Waals surface area contributed by atoms with E-state index in [0.29, 0.717) is 12.3 Å². The molecular formula is C15H14BrF2NO. The van der Waals surface area contributed by atoms with Crippen LogP contribution in [0.25, 0.3) is 0 Å². The van der Waals surface area contributed by atoms with Crippen molar-refractivity contribution in [3.05, 3.63) is 58.1 Å². The van der Waals surface area contributed by atoms with Crippen LogP contribution in [0.15, 0.2) is 40.9 Å². The molecular weight excluding hydrogens is 328 g/mol. The molecule has 0 aliphatic rings. The number of ether oxygens (including phenoxy) is 1. The first-order chi connectivity index (χ1) is 9.60. The molecule has 0 aliphatic carbocycles. The highest BCUT2D eigenvalue weighted by Gasteiger charge is 2.08. The number of hydrogen-bond donors (Lipinski definition) is 1. The van der Waals surface area contributed by atoms with Crippen molar-refractivity contribution in [3.63, 3.8) is 0 Å². The molecule has 0 aliphatic heterocycles. The third-order valence-electron chi connectivity index (χ3n) is 2.71. The van der Waals surface area contributed by atoms with Crippen molar-refractivity contribution >= 4 is 15.9 Å². The van der Waals surface area contributed by atoms with E-state index in [2.05, 4.69) is 21.2 Å². The minimum absolute atomic E-state index is 0.268. The summed E-state index contributed by atoms with van der Waals surface area (Å²) in [5.41, 5.74) is 0.936. The summed E-state index contributed by atoms with van der Waals surface area (Å²) in [5, 5.41) is 3.20. The second-order valence-electron chi connectivity index (χ2n) is 4.21. The maximum Gasteiger partial charge on any atom is 0.162 e. The van der Waals surface area contributed by atoms with Gasteiger partial charge in [-0.25, -0.2) is 8.78 Å². The van der Waals surface area contributed by atoms with Crippen LogP contribution in [-0.4, -0.2) is 6.54 Å². The summed E-state index contributed by atoms with van der Waals surface area (Å²) in [7, 11) is 0. The van der Waals surface area contributed by atoms with Crippen LogP contribution in [0.5, 0.6) is 11.5 Å². The minimum Gasteiger partial charge on any atom is -0.457 e. The molecule has 0 aromatic heterocycles. The Morgan fingerprint density at radius 2 is 1.90 bits per heavy atom. The number of benzene rings is 2. The molecule has 20 heavy (non-hydrogen) atoms. The van der Waals surface area contributed by atoms with Crippen LogP contribution < -0.4 is 10.1 Å². The average Bonchev–Trinajstić information content (AvgIpc) is 2.43. The molecule has 0 saturated heterocycles. The Morgan fingerprint density at radius 3 is 2.60 bits per heavy atom. The lowest BCUT2D eigenvalue weighted by molar-refractivity contribution is 0.455. The molecule has 0 unspecified atom stereocenters. The van der Waals surface area contributed by atoms with Crippen LogP contribution in [0.3, 0.4) is 0 Å². The van der Waals surface area contributed by atoms with Gasteiger partial charge in [-0.05, 0) is 36.9 Å². The molecule has 0 amide bonds. The lowest BCUT2D eigenvalue weighted by Gasteiger charge is -2.12. The lowest BCUT2D eigenvalue weighted by Crippen LogP contribution is -2.12. The molecule has 0 atom stereocenters. The molecule has 2 nitrogen and oxygen atoms in total. The fourth-order valence-corrected chi connectivity index (χ4v) is 2.12. The second-order valence-corrected chi connectivity index (χ2v) is 5.13. The van der Waals surface area contributed by atoms with E-state index in [4.69, 9.17) is 4.74 Å². The summed E-state index contributed by atoms with van der Waals surface area (Å²) in [6.45, 7) is 3.47. The predicted molar refractivity (Wildman–Crippen MR) is 78.0 cm³/mol. The molecule has 0 radical (unpaired) electrons. The molecule has 0 bridgehead atoms. The van der Waals surface area contributed by atoms with Crippen molar-refractivity contribution in [3.8, 4) is 11.5 Å². The maximum atomic E-state index is 13.2. The third-order valence-corrected chi connectivity index (χ3v) is 3.20. The van der Waals surface area contributed by atoms with Crippen molar-refractivity contribution < 1.29 is 13.5 Å². The summed E-state index contributed by atoms with van der Waals surface area (Å²) in [5.74, 6) is -0.932. The molecule has 5 heteroatoms. The van der Waals surface area contributed by atoms with Crippen LogP contribution in [0.1, 0.15) is 12.5 Å². The van der Waals surface area contributed by atoms with E-state index in [-0.39, 0.29) is 5.75 Å². The van der Waals surface area contributed by atoms with Gasteiger partial charge in [-0.3, -0.25) is 0 Å². The Hall–Kier alpha value is -1.46. The van der Waals surface area contributed by atoms with E-state index in [9.17, 15) is 8.78 Å². The quantitative estimate of drug-likeness (QED) is 0.856. The Balaban J connectivity index is 2.25. The van der Waals surface area contributed by atoms with Gasteiger partial charge in [0.1, 0.15) is 11.5 Å². The van der Waals surface area contributed by atoms with Gasteiger partial charge in [-0.1, -0.05) is 22.9 Å². The van der Waals surface area contributed by atoms with Crippen molar-refractivity contribution in [2.24, 2.45) is 0 Å². The largest absolute Gasteiger partial charge is 0.457 e. The van der Waals surface area contributed by atoms with Crippen molar-refractivity contribution in [2.45, 2.75) is 13.5 Å². The summed E-state index contributed by atoms with van der Waals surface area (Å²) < 4.78 is 32.6. The van der Waals surface area contributed by atoms with Gasteiger partial charge < -0.3 is 10.1 Å². The third kappa shape index (κ3) is 3.77. The lowest BCUT2D eigenvalue weighted by atomic mass is 10.2. The fraction of sp³-hybridized carbons (Fsp3) is 0.200. The predicted octanol–water partition coefficient (Wildman–Crippen LogP) is 4.63. The van der Waals surface area contributed by atoms with E-state index < -0.39 is 11.6 Å². The minimum atomic E-state index is -0.923. The van der Waals surface area contributed by atoms with Crippen LogP contribution in [0.2, 0.25) is 0 Å². The topological polar surface area (TPSA) is 21.3 Å². The Bertz CT molecular complexity index is 604. The molecule has 0 fully saturated rings. The van der Waals surface area contributed by atoms with Crippen LogP contribution in [0.4, 0.5) is 8.78 Å². The fourth-order valence-electron chi connectivity index (χ4n) is 1.71. The van der Waals surface area contributed by atoms with Crippen molar-refractivity contribution in [1.29, 1.82) is 0 Å². The monoisotopic (exact) mass is 341 g/mol. The highest BCUT2D eigenvalue weighted by atomic mass is 79.9. The number of halogens is 3. The highest BCUT2D eigenvalue weighted by molar-refractivity contribution is 9.10. The summed E-state index contributed by atoms with van der Waals surface area (Å²) in [4.78, 5) is 0. The van der Waals surface area contributed by atoms with Crippen molar-refractivity contribution in [2.75, 3.05) is 6.54 Å². The summed E-state index contributed by atoms with van der Waals surface area (Å²) in [6.07, 6.45) is 0. The van der Waals surface area contributed by atoms with Gasteiger partial charge in [0.2, 0.25) is 0 Å². The summed E-state index contributed by atoms with van der Waals surface area (Å²) in [6, 6.07) is 9.04. The zero-order chi connectivity index (χ0) is 14.5. The molecule has 2 rings (SSSR count). The van der Waals surface area contributed by atoms with Gasteiger partial charge >= 0.3 is 0 Å². The van der Waals surface area contributed by atoms with E-state index in [0.717, 1.165) is 28.7 Å². The molecule has 0 saturated carbocycles. The standard InChI is InChI=1S/C15H14BrF2NO/c1-2-19-9-10-7-11(16)3-6-15(10)20-12-4-5-13(17)14(18)8-12/h3-8,19H,2,9H2,1H3. The van der Waals surface area contributed by atoms with Crippen molar-refractivity contribution in [1.82, 2.24) is 5.32 Å². The molecule has 0 spiro atoms. The number of hydrogen-bond acceptors (Lipinski definition) is 2. The SMILES string of the molecule is CCNCc1cc(Br)ccc1Oc1ccc(F)c(F)c1. The maximum absolute atomic E-state index is 13.2. The first kappa shape index (κ1) is 14.9. The van der Waals surface area contributed by atoms with E-state index >= 15 is 0 Å². The van der Waals surface area contributed by atoms with Crippen LogP contribution >= 0.6 is 15.9 Å². The summed E-state index contributed by atoms with van der Waals surface area (Å²) >= 11 is 3.40. The number of nitrogens with one attached hydrogen (secondary N) is 1. The molecule has 0 heterocycles. The first-order valence-corrected chi connectivity index (χ1v) is 7.01. The van der Waals surface area contributed by atoms with Gasteiger partial charge in [0, 0.05) is 22.6 Å². The first-order valence-electron chi connectivity index (χ1n) is 6.22. The molecule has 2 aromatic rings. The van der Waals surface area contributed by atoms with Gasteiger partial charge in [-0.15, -0.1) is 0 Å². The Morgan fingerprint density at radius 1 is 1.10 bits per heavy atom. The van der Waals surface area contributed by atoms with Crippen LogP contribution in [0, 0.1) is 11.6 Å². The van der Waals surface area contributed by atoms with Gasteiger partial charge in [0.15, 0.2) is 11.6 Å². The smallest absolute Gasteiger partial charge is 0.162 e. The molecule has 1 N–H and O–H groups in total. The molecule has 2 aromatic carbocycles. The Labute approximate surface area is 124 Å². The zero-order valence-corrected chi connectivity index (χ0v) is 12.5. The normalized spacial score (nSPS) is 10.6.